The van der Waals surface area contributed by atoms with E-state index in [1.807, 2.05) is 0 Å². The van der Waals surface area contributed by atoms with E-state index in [1.54, 1.807) is 13.1 Å². The average molecular weight is 234 g/mol. The maximum absolute atomic E-state index is 13.7. The Morgan fingerprint density at radius 1 is 1.47 bits per heavy atom. The molecule has 0 N–H and O–H groups in total. The number of hydrogen-bond donors (Lipinski definition) is 0. The van der Waals surface area contributed by atoms with E-state index in [4.69, 9.17) is 0 Å². The molecule has 2 rings (SSSR count). The summed E-state index contributed by atoms with van der Waals surface area (Å²) in [5.41, 5.74) is 1.15. The molecule has 2 aromatic heterocycles. The quantitative estimate of drug-likeness (QED) is 0.750. The SMILES string of the molecule is Cn1c(=O)ccc2ncc(F)c(CCC=O)c21. The molecule has 4 nitrogen and oxygen atoms in total. The maximum Gasteiger partial charge on any atom is 0.250 e. The highest BCUT2D eigenvalue weighted by Gasteiger charge is 2.11. The summed E-state index contributed by atoms with van der Waals surface area (Å²) in [6.07, 6.45) is 2.34. The van der Waals surface area contributed by atoms with Crippen molar-refractivity contribution in [1.82, 2.24) is 9.55 Å². The molecule has 0 bridgehead atoms. The Balaban J connectivity index is 2.78. The Kier molecular flexibility index (Phi) is 2.99. The molecule has 0 saturated heterocycles. The van der Waals surface area contributed by atoms with E-state index in [9.17, 15) is 14.0 Å². The number of halogens is 1. The van der Waals surface area contributed by atoms with Crippen LogP contribution in [0.4, 0.5) is 4.39 Å². The minimum atomic E-state index is -0.486. The lowest BCUT2D eigenvalue weighted by atomic mass is 10.1. The van der Waals surface area contributed by atoms with Crippen LogP contribution in [0.5, 0.6) is 0 Å². The molecular weight excluding hydrogens is 223 g/mol. The van der Waals surface area contributed by atoms with Gasteiger partial charge in [0.1, 0.15) is 12.1 Å². The van der Waals surface area contributed by atoms with Crippen LogP contribution in [0.25, 0.3) is 11.0 Å². The molecule has 17 heavy (non-hydrogen) atoms. The number of carbonyl (C=O) groups excluding carboxylic acids is 1. The normalized spacial score (nSPS) is 10.7. The van der Waals surface area contributed by atoms with Gasteiger partial charge in [-0.15, -0.1) is 0 Å². The van der Waals surface area contributed by atoms with Gasteiger partial charge in [0, 0.05) is 25.1 Å². The molecule has 0 aromatic carbocycles. The number of fused-ring (bicyclic) bond motifs is 1. The van der Waals surface area contributed by atoms with E-state index < -0.39 is 5.82 Å². The molecule has 2 heterocycles. The van der Waals surface area contributed by atoms with Crippen molar-refractivity contribution in [3.8, 4) is 0 Å². The van der Waals surface area contributed by atoms with Crippen molar-refractivity contribution < 1.29 is 9.18 Å². The average Bonchev–Trinajstić information content (AvgIpc) is 2.33. The minimum absolute atomic E-state index is 0.221. The van der Waals surface area contributed by atoms with Crippen LogP contribution in [-0.4, -0.2) is 15.8 Å². The molecule has 0 spiro atoms. The van der Waals surface area contributed by atoms with Crippen molar-refractivity contribution in [2.45, 2.75) is 12.8 Å². The smallest absolute Gasteiger partial charge is 0.250 e. The Hall–Kier alpha value is -2.04. The van der Waals surface area contributed by atoms with Gasteiger partial charge in [-0.1, -0.05) is 0 Å². The van der Waals surface area contributed by atoms with E-state index in [0.717, 1.165) is 12.5 Å². The maximum atomic E-state index is 13.7. The first-order chi connectivity index (χ1) is 8.15. The molecular formula is C12H11FN2O2. The van der Waals surface area contributed by atoms with Gasteiger partial charge >= 0.3 is 0 Å². The highest BCUT2D eigenvalue weighted by Crippen LogP contribution is 2.18. The fourth-order valence-corrected chi connectivity index (χ4v) is 1.84. The van der Waals surface area contributed by atoms with Crippen molar-refractivity contribution in [3.63, 3.8) is 0 Å². The molecule has 0 aliphatic rings. The predicted octanol–water partition coefficient (Wildman–Crippen LogP) is 1.20. The number of hydrogen-bond acceptors (Lipinski definition) is 3. The van der Waals surface area contributed by atoms with E-state index in [-0.39, 0.29) is 18.4 Å². The molecule has 2 aromatic rings. The van der Waals surface area contributed by atoms with Gasteiger partial charge in [0.15, 0.2) is 0 Å². The third kappa shape index (κ3) is 1.95. The summed E-state index contributed by atoms with van der Waals surface area (Å²) in [6.45, 7) is 0. The van der Waals surface area contributed by atoms with Gasteiger partial charge in [-0.05, 0) is 12.5 Å². The van der Waals surface area contributed by atoms with Gasteiger partial charge in [0.05, 0.1) is 17.2 Å². The first kappa shape index (κ1) is 11.4. The molecule has 0 aliphatic carbocycles. The summed E-state index contributed by atoms with van der Waals surface area (Å²) < 4.78 is 15.0. The van der Waals surface area contributed by atoms with Crippen LogP contribution in [0.2, 0.25) is 0 Å². The second kappa shape index (κ2) is 4.45. The fourth-order valence-electron chi connectivity index (χ4n) is 1.84. The zero-order valence-electron chi connectivity index (χ0n) is 9.31. The molecule has 0 unspecified atom stereocenters. The van der Waals surface area contributed by atoms with E-state index in [0.29, 0.717) is 16.6 Å². The second-order valence-electron chi connectivity index (χ2n) is 3.75. The number of pyridine rings is 2. The van der Waals surface area contributed by atoms with Gasteiger partial charge < -0.3 is 9.36 Å². The molecule has 0 amide bonds. The lowest BCUT2D eigenvalue weighted by molar-refractivity contribution is -0.107. The lowest BCUT2D eigenvalue weighted by Gasteiger charge is -2.09. The summed E-state index contributed by atoms with van der Waals surface area (Å²) in [5, 5.41) is 0. The summed E-state index contributed by atoms with van der Waals surface area (Å²) in [5.74, 6) is -0.486. The van der Waals surface area contributed by atoms with Crippen LogP contribution in [0.1, 0.15) is 12.0 Å². The van der Waals surface area contributed by atoms with Gasteiger partial charge in [-0.2, -0.15) is 0 Å². The third-order valence-corrected chi connectivity index (χ3v) is 2.70. The zero-order chi connectivity index (χ0) is 12.4. The second-order valence-corrected chi connectivity index (χ2v) is 3.75. The van der Waals surface area contributed by atoms with Crippen LogP contribution in [0, 0.1) is 5.82 Å². The highest BCUT2D eigenvalue weighted by molar-refractivity contribution is 5.78. The molecule has 0 atom stereocenters. The van der Waals surface area contributed by atoms with Gasteiger partial charge in [-0.25, -0.2) is 4.39 Å². The molecule has 5 heteroatoms. The van der Waals surface area contributed by atoms with E-state index in [1.165, 1.54) is 10.6 Å². The van der Waals surface area contributed by atoms with Crippen LogP contribution in [-0.2, 0) is 18.3 Å². The van der Waals surface area contributed by atoms with Crippen LogP contribution in [0.15, 0.2) is 23.1 Å². The molecule has 88 valence electrons. The molecule has 0 saturated carbocycles. The third-order valence-electron chi connectivity index (χ3n) is 2.70. The number of aldehydes is 1. The topological polar surface area (TPSA) is 52.0 Å². The standard InChI is InChI=1S/C12H11FN2O2/c1-15-11(17)5-4-10-12(15)8(3-2-6-16)9(13)7-14-10/h4-7H,2-3H2,1H3. The van der Waals surface area contributed by atoms with Crippen molar-refractivity contribution in [1.29, 1.82) is 0 Å². The summed E-state index contributed by atoms with van der Waals surface area (Å²) in [6, 6.07) is 2.94. The fraction of sp³-hybridized carbons (Fsp3) is 0.250. The van der Waals surface area contributed by atoms with Gasteiger partial charge in [-0.3, -0.25) is 9.78 Å². The van der Waals surface area contributed by atoms with E-state index in [2.05, 4.69) is 4.98 Å². The number of nitrogens with zero attached hydrogens (tertiary/aromatic N) is 2. The monoisotopic (exact) mass is 234 g/mol. The Labute approximate surface area is 96.7 Å². The van der Waals surface area contributed by atoms with Crippen molar-refractivity contribution in [2.75, 3.05) is 0 Å². The number of aryl methyl sites for hydroxylation is 2. The highest BCUT2D eigenvalue weighted by atomic mass is 19.1. The molecule has 0 fully saturated rings. The van der Waals surface area contributed by atoms with Crippen LogP contribution < -0.4 is 5.56 Å². The van der Waals surface area contributed by atoms with E-state index >= 15 is 0 Å². The Bertz CT molecular complexity index is 634. The van der Waals surface area contributed by atoms with Crippen molar-refractivity contribution >= 4 is 17.3 Å². The number of carbonyl (C=O) groups is 1. The van der Waals surface area contributed by atoms with Crippen molar-refractivity contribution in [3.05, 3.63) is 40.1 Å². The Morgan fingerprint density at radius 2 is 2.24 bits per heavy atom. The number of rotatable bonds is 3. The summed E-state index contributed by atoms with van der Waals surface area (Å²) in [4.78, 5) is 25.8. The van der Waals surface area contributed by atoms with Crippen LogP contribution in [0.3, 0.4) is 0 Å². The summed E-state index contributed by atoms with van der Waals surface area (Å²) in [7, 11) is 1.57. The van der Waals surface area contributed by atoms with Crippen molar-refractivity contribution in [2.24, 2.45) is 7.05 Å². The summed E-state index contributed by atoms with van der Waals surface area (Å²) >= 11 is 0. The first-order valence-electron chi connectivity index (χ1n) is 5.22. The minimum Gasteiger partial charge on any atom is -0.310 e. The molecule has 0 aliphatic heterocycles. The largest absolute Gasteiger partial charge is 0.310 e. The van der Waals surface area contributed by atoms with Gasteiger partial charge in [0.25, 0.3) is 5.56 Å². The Morgan fingerprint density at radius 3 is 2.94 bits per heavy atom. The van der Waals surface area contributed by atoms with Gasteiger partial charge in [0.2, 0.25) is 0 Å². The predicted molar refractivity (Wildman–Crippen MR) is 61.3 cm³/mol. The first-order valence-corrected chi connectivity index (χ1v) is 5.22. The molecule has 0 radical (unpaired) electrons. The lowest BCUT2D eigenvalue weighted by Crippen LogP contribution is -2.17. The van der Waals surface area contributed by atoms with Crippen LogP contribution >= 0.6 is 0 Å². The zero-order valence-corrected chi connectivity index (χ0v) is 9.31. The number of aromatic nitrogens is 2.